The van der Waals surface area contributed by atoms with Gasteiger partial charge in [0.25, 0.3) is 0 Å². The maximum atomic E-state index is 12.4. The van der Waals surface area contributed by atoms with Gasteiger partial charge < -0.3 is 18.1 Å². The van der Waals surface area contributed by atoms with Gasteiger partial charge in [0.05, 0.1) is 26.4 Å². The quantitative estimate of drug-likeness (QED) is 0.327. The van der Waals surface area contributed by atoms with Gasteiger partial charge in [-0.2, -0.15) is 0 Å². The van der Waals surface area contributed by atoms with E-state index in [1.54, 1.807) is 27.7 Å². The van der Waals surface area contributed by atoms with Gasteiger partial charge in [-0.3, -0.25) is 9.13 Å². The van der Waals surface area contributed by atoms with Crippen LogP contribution in [0.15, 0.2) is 5.16 Å². The van der Waals surface area contributed by atoms with Crippen LogP contribution in [0.2, 0.25) is 0 Å². The van der Waals surface area contributed by atoms with Crippen LogP contribution in [0.1, 0.15) is 27.7 Å². The lowest BCUT2D eigenvalue weighted by Crippen LogP contribution is -2.14. The highest BCUT2D eigenvalue weighted by molar-refractivity contribution is 7.74. The smallest absolute Gasteiger partial charge is 0.309 e. The molecule has 0 aliphatic rings. The summed E-state index contributed by atoms with van der Waals surface area (Å²) in [6, 6.07) is 0. The molecule has 20 heavy (non-hydrogen) atoms. The van der Waals surface area contributed by atoms with Crippen molar-refractivity contribution in [3.63, 3.8) is 0 Å². The number of rotatable bonds is 11. The summed E-state index contributed by atoms with van der Waals surface area (Å²) in [6.45, 7) is 6.81. The summed E-state index contributed by atoms with van der Waals surface area (Å²) in [5.74, 6) is 0. The van der Waals surface area contributed by atoms with E-state index in [0.717, 1.165) is 0 Å². The number of hydrogen-bond acceptors (Lipinski definition) is 7. The second-order valence-corrected chi connectivity index (χ2v) is 7.53. The summed E-state index contributed by atoms with van der Waals surface area (Å²) in [6.07, 6.45) is -0.518. The Balaban J connectivity index is 5.25. The van der Waals surface area contributed by atoms with Crippen molar-refractivity contribution in [2.75, 3.05) is 32.6 Å². The van der Waals surface area contributed by atoms with E-state index >= 15 is 0 Å². The first kappa shape index (κ1) is 19.8. The molecule has 0 aliphatic heterocycles. The average Bonchev–Trinajstić information content (AvgIpc) is 2.37. The minimum Gasteiger partial charge on any atom is -0.309 e. The van der Waals surface area contributed by atoms with E-state index in [9.17, 15) is 14.3 Å². The van der Waals surface area contributed by atoms with Gasteiger partial charge in [-0.05, 0) is 32.9 Å². The summed E-state index contributed by atoms with van der Waals surface area (Å²) < 4.78 is 44.8. The van der Waals surface area contributed by atoms with Crippen molar-refractivity contribution in [2.45, 2.75) is 27.7 Å². The molecule has 0 atom stereocenters. The van der Waals surface area contributed by atoms with E-state index < -0.39 is 26.8 Å². The van der Waals surface area contributed by atoms with Crippen molar-refractivity contribution in [3.8, 4) is 0 Å². The molecule has 0 N–H and O–H groups in total. The topological polar surface area (TPSA) is 103 Å². The minimum absolute atomic E-state index is 0.0594. The monoisotopic (exact) mass is 330 g/mol. The van der Waals surface area contributed by atoms with Gasteiger partial charge in [0.1, 0.15) is 6.16 Å². The fraction of sp³-hybridized carbons (Fsp3) is 0.900. The van der Waals surface area contributed by atoms with Crippen LogP contribution in [0.25, 0.3) is 0 Å². The third-order valence-corrected chi connectivity index (χ3v) is 6.31. The molecule has 0 spiro atoms. The molecule has 8 nitrogen and oxygen atoms in total. The molecule has 119 valence electrons. The van der Waals surface area contributed by atoms with Crippen LogP contribution in [0, 0.1) is 0 Å². The summed E-state index contributed by atoms with van der Waals surface area (Å²) >= 11 is 0. The highest BCUT2D eigenvalue weighted by Crippen LogP contribution is 2.57. The van der Waals surface area contributed by atoms with Gasteiger partial charge in [-0.15, -0.1) is 5.21 Å². The molecule has 0 aliphatic carbocycles. The first-order valence-corrected chi connectivity index (χ1v) is 9.65. The zero-order chi connectivity index (χ0) is 15.6. The second kappa shape index (κ2) is 9.66. The van der Waals surface area contributed by atoms with Crippen LogP contribution in [-0.4, -0.2) is 38.0 Å². The molecule has 0 fully saturated rings. The van der Waals surface area contributed by atoms with Gasteiger partial charge in [0, 0.05) is 0 Å². The Morgan fingerprint density at radius 1 is 0.850 bits per heavy atom. The maximum Gasteiger partial charge on any atom is 0.379 e. The normalized spacial score (nSPS) is 13.7. The van der Waals surface area contributed by atoms with Gasteiger partial charge in [-0.1, -0.05) is 0 Å². The van der Waals surface area contributed by atoms with Crippen molar-refractivity contribution in [1.82, 2.24) is 0 Å². The lowest BCUT2D eigenvalue weighted by atomic mass is 10.9. The Morgan fingerprint density at radius 2 is 1.25 bits per heavy atom. The molecule has 1 radical (unpaired) electrons. The fourth-order valence-corrected chi connectivity index (χ4v) is 5.20. The zero-order valence-electron chi connectivity index (χ0n) is 12.2. The molecular weight excluding hydrogens is 308 g/mol. The summed E-state index contributed by atoms with van der Waals surface area (Å²) in [7, 11) is -7.47. The maximum absolute atomic E-state index is 12.4. The molecule has 0 aromatic carbocycles. The first-order chi connectivity index (χ1) is 9.41. The molecule has 0 aromatic heterocycles. The predicted molar refractivity (Wildman–Crippen MR) is 74.7 cm³/mol. The molecule has 0 heterocycles. The van der Waals surface area contributed by atoms with Crippen molar-refractivity contribution < 1.29 is 32.4 Å². The Labute approximate surface area is 119 Å². The van der Waals surface area contributed by atoms with E-state index in [2.05, 4.69) is 5.16 Å². The molecule has 0 bridgehead atoms. The molecule has 0 rings (SSSR count). The van der Waals surface area contributed by atoms with Crippen LogP contribution in [0.5, 0.6) is 0 Å². The van der Waals surface area contributed by atoms with Crippen LogP contribution >= 0.6 is 15.2 Å². The summed E-state index contributed by atoms with van der Waals surface area (Å²) in [5.41, 5.74) is -0.480. The zero-order valence-corrected chi connectivity index (χ0v) is 14.0. The Hall–Kier alpha value is -0.230. The van der Waals surface area contributed by atoms with Crippen LogP contribution < -0.4 is 0 Å². The molecule has 0 saturated heterocycles. The van der Waals surface area contributed by atoms with Crippen LogP contribution in [0.4, 0.5) is 0 Å². The Morgan fingerprint density at radius 3 is 1.55 bits per heavy atom. The van der Waals surface area contributed by atoms with Gasteiger partial charge in [0.15, 0.2) is 5.45 Å². The Bertz CT molecular complexity index is 379. The Kier molecular flexibility index (Phi) is 9.55. The third-order valence-electron chi connectivity index (χ3n) is 2.01. The molecule has 0 amide bonds. The third kappa shape index (κ3) is 6.04. The molecule has 0 aromatic rings. The van der Waals surface area contributed by atoms with E-state index in [-0.39, 0.29) is 26.4 Å². The van der Waals surface area contributed by atoms with Crippen molar-refractivity contribution in [2.24, 2.45) is 5.16 Å². The second-order valence-electron chi connectivity index (χ2n) is 3.45. The van der Waals surface area contributed by atoms with Crippen LogP contribution in [-0.2, 0) is 32.4 Å². The number of nitrogens with zero attached hydrogens (tertiary/aromatic N) is 1. The van der Waals surface area contributed by atoms with Crippen molar-refractivity contribution >= 4 is 20.6 Å². The van der Waals surface area contributed by atoms with E-state index in [4.69, 9.17) is 18.1 Å². The van der Waals surface area contributed by atoms with Crippen molar-refractivity contribution in [3.05, 3.63) is 0 Å². The van der Waals surface area contributed by atoms with Gasteiger partial charge in [0.2, 0.25) is 0 Å². The SMILES string of the molecule is CCOP(=O)(C/C(=N/[O])P(=O)(OCC)OCC)OCC. The summed E-state index contributed by atoms with van der Waals surface area (Å²) in [4.78, 5) is 0. The molecule has 0 saturated carbocycles. The van der Waals surface area contributed by atoms with E-state index in [1.165, 1.54) is 0 Å². The average molecular weight is 330 g/mol. The van der Waals surface area contributed by atoms with Crippen LogP contribution in [0.3, 0.4) is 0 Å². The van der Waals surface area contributed by atoms with E-state index in [0.29, 0.717) is 0 Å². The molecule has 10 heteroatoms. The fourth-order valence-electron chi connectivity index (χ4n) is 1.39. The highest BCUT2D eigenvalue weighted by Gasteiger charge is 2.39. The van der Waals surface area contributed by atoms with E-state index in [1.807, 2.05) is 0 Å². The minimum atomic E-state index is -3.87. The highest BCUT2D eigenvalue weighted by atomic mass is 31.2. The van der Waals surface area contributed by atoms with Gasteiger partial charge >= 0.3 is 15.2 Å². The number of hydrogen-bond donors (Lipinski definition) is 0. The predicted octanol–water partition coefficient (Wildman–Crippen LogP) is 3.26. The standard InChI is InChI=1S/C10H22NO7P2/c1-5-15-19(13,16-6-2)9-10(11-12)20(14,17-7-3)18-8-4/h5-9H2,1-4H3/b11-10-. The van der Waals surface area contributed by atoms with Gasteiger partial charge in [-0.25, -0.2) is 0 Å². The first-order valence-electron chi connectivity index (χ1n) is 6.38. The molecule has 0 unspecified atom stereocenters. The largest absolute Gasteiger partial charge is 0.379 e. The van der Waals surface area contributed by atoms with Crippen molar-refractivity contribution in [1.29, 1.82) is 0 Å². The lowest BCUT2D eigenvalue weighted by Gasteiger charge is -2.21. The summed E-state index contributed by atoms with van der Waals surface area (Å²) in [5, 5.41) is 13.6. The lowest BCUT2D eigenvalue weighted by molar-refractivity contribution is 0.200. The molecular formula is C10H22NO7P2.